The van der Waals surface area contributed by atoms with Crippen molar-refractivity contribution in [1.29, 1.82) is 0 Å². The van der Waals surface area contributed by atoms with Crippen molar-refractivity contribution in [3.63, 3.8) is 0 Å². The van der Waals surface area contributed by atoms with Crippen LogP contribution in [0.4, 0.5) is 15.3 Å². The molecule has 3 aromatic rings. The molecule has 2 aromatic carbocycles. The third-order valence-corrected chi connectivity index (χ3v) is 22.3. The van der Waals surface area contributed by atoms with Crippen LogP contribution in [-0.4, -0.2) is 186 Å². The first-order chi connectivity index (χ1) is 52.1. The molecular formula is C85H134N10O15S. The summed E-state index contributed by atoms with van der Waals surface area (Å²) in [5.74, 6) is -6.97. The molecule has 2 heterocycles. The van der Waals surface area contributed by atoms with Crippen molar-refractivity contribution in [2.24, 2.45) is 58.5 Å². The Balaban J connectivity index is 1.39. The van der Waals surface area contributed by atoms with E-state index in [2.05, 4.69) is 43.7 Å². The fraction of sp³-hybridized carbons (Fsp3) is 0.682. The Bertz CT molecular complexity index is 3480. The number of ether oxygens (including phenoxy) is 3. The first kappa shape index (κ1) is 95.6. The number of rotatable bonds is 49. The Morgan fingerprint density at radius 3 is 1.89 bits per heavy atom. The molecule has 1 aromatic heterocycles. The summed E-state index contributed by atoms with van der Waals surface area (Å²) in [6.07, 6.45) is 4.26. The second kappa shape index (κ2) is 46.4. The number of ketones is 5. The highest BCUT2D eigenvalue weighted by atomic mass is 32.1. The smallest absolute Gasteiger partial charge is 0.410 e. The van der Waals surface area contributed by atoms with Gasteiger partial charge in [-0.2, -0.15) is 0 Å². The molecule has 620 valence electrons. The molecule has 0 radical (unpaired) electrons. The number of urea groups is 1. The number of methoxy groups -OCH3 is 2. The number of nitrogens with one attached hydrogen (secondary N) is 5. The Morgan fingerprint density at radius 1 is 0.694 bits per heavy atom. The van der Waals surface area contributed by atoms with Crippen molar-refractivity contribution >= 4 is 87.6 Å². The summed E-state index contributed by atoms with van der Waals surface area (Å²) >= 11 is 1.53. The molecule has 111 heavy (non-hydrogen) atoms. The van der Waals surface area contributed by atoms with Gasteiger partial charge in [-0.25, -0.2) is 14.6 Å². The standard InChI is InChI=1S/C85H134N10O15S/c1-21-55(8)75(70(108-19)50-72(101)95-43-28-33-66(95)76(109-20)57(10)67(97)48-62(80-88-42-44-111-80)46-58-29-23-22-24-30-58)93(17)81(105)64(52(2)3)49-69(99)74(54(6)7)94(18)83(107)110-51-59-34-36-63(37-35-59)90-78(103)61(32-27-41-89-82(86)106)47-68(98)73(53(4)5)91-79(104)60(45-56(9)96)31-25-26-40-87-71(100)39-38-65(92-85(14,15)16)77(102)84(11,12)13/h22-24,29-30,34-37,42,44,52-55,57,60-62,64-66,70,73-76,92H,21,25-28,31-33,38-41,43,45-51H2,1-20H3,(H,87,100)(H,90,103)(H,91,104)(H3,86,89,106)/t55-,57-,60+,61+,62+,64-,65+,66-,70+,73-,74-,75-,76+/m0/s1. The first-order valence-electron chi connectivity index (χ1n) is 40.0. The van der Waals surface area contributed by atoms with Crippen LogP contribution in [0.1, 0.15) is 229 Å². The van der Waals surface area contributed by atoms with E-state index in [9.17, 15) is 52.7 Å². The summed E-state index contributed by atoms with van der Waals surface area (Å²) in [6.45, 7) is 30.4. The maximum atomic E-state index is 15.0. The number of Topliss-reactive ketones (excluding diaryl/α,β-unsaturated/α-hetero) is 5. The number of thiazole rings is 1. The van der Waals surface area contributed by atoms with Crippen LogP contribution < -0.4 is 32.3 Å². The van der Waals surface area contributed by atoms with Crippen LogP contribution in [0.25, 0.3) is 0 Å². The summed E-state index contributed by atoms with van der Waals surface area (Å²) in [5.41, 5.74) is 6.42. The predicted octanol–water partition coefficient (Wildman–Crippen LogP) is 12.0. The van der Waals surface area contributed by atoms with E-state index in [0.717, 1.165) is 17.0 Å². The highest BCUT2D eigenvalue weighted by Crippen LogP contribution is 2.35. The van der Waals surface area contributed by atoms with Gasteiger partial charge in [-0.3, -0.25) is 43.2 Å². The monoisotopic (exact) mass is 1570 g/mol. The number of hydrogen-bond donors (Lipinski definition) is 6. The first-order valence-corrected chi connectivity index (χ1v) is 40.9. The van der Waals surface area contributed by atoms with Gasteiger partial charge in [-0.05, 0) is 126 Å². The fourth-order valence-corrected chi connectivity index (χ4v) is 15.9. The number of likely N-dealkylation sites (tertiary alicyclic amines) is 1. The van der Waals surface area contributed by atoms with Crippen LogP contribution in [0.5, 0.6) is 0 Å². The Kier molecular flexibility index (Phi) is 39.9. The average Bonchev–Trinajstić information content (AvgIpc) is 1.80. The van der Waals surface area contributed by atoms with E-state index >= 15 is 4.79 Å². The van der Waals surface area contributed by atoms with Crippen molar-refractivity contribution in [3.05, 3.63) is 82.3 Å². The van der Waals surface area contributed by atoms with Gasteiger partial charge in [-0.15, -0.1) is 11.3 Å². The molecule has 26 heteroatoms. The van der Waals surface area contributed by atoms with Gasteiger partial charge in [0.15, 0.2) is 17.3 Å². The van der Waals surface area contributed by atoms with E-state index < -0.39 is 107 Å². The number of carbonyl (C=O) groups excluding carboxylic acids is 12. The van der Waals surface area contributed by atoms with Gasteiger partial charge in [-0.1, -0.05) is 138 Å². The minimum atomic E-state index is -1.02. The lowest BCUT2D eigenvalue weighted by molar-refractivity contribution is -0.149. The molecule has 1 fully saturated rings. The lowest BCUT2D eigenvalue weighted by Crippen LogP contribution is -2.54. The number of benzene rings is 2. The molecule has 0 bridgehead atoms. The summed E-state index contributed by atoms with van der Waals surface area (Å²) in [4.78, 5) is 175. The van der Waals surface area contributed by atoms with Gasteiger partial charge >= 0.3 is 12.1 Å². The lowest BCUT2D eigenvalue weighted by atomic mass is 9.83. The Hall–Kier alpha value is -7.81. The molecule has 0 spiro atoms. The molecule has 1 aliphatic heterocycles. The third-order valence-electron chi connectivity index (χ3n) is 21.4. The quantitative estimate of drug-likeness (QED) is 0.0286. The highest BCUT2D eigenvalue weighted by Gasteiger charge is 2.45. The number of nitrogens with zero attached hydrogens (tertiary/aromatic N) is 4. The van der Waals surface area contributed by atoms with Crippen molar-refractivity contribution < 1.29 is 71.7 Å². The predicted molar refractivity (Wildman–Crippen MR) is 433 cm³/mol. The van der Waals surface area contributed by atoms with Gasteiger partial charge in [0.2, 0.25) is 29.5 Å². The number of hydrogen-bond acceptors (Lipinski definition) is 18. The van der Waals surface area contributed by atoms with Crippen LogP contribution in [0.3, 0.4) is 0 Å². The summed E-state index contributed by atoms with van der Waals surface area (Å²) in [6, 6.07) is 12.4. The summed E-state index contributed by atoms with van der Waals surface area (Å²) in [7, 11) is 6.31. The van der Waals surface area contributed by atoms with Crippen molar-refractivity contribution in [2.75, 3.05) is 53.3 Å². The molecule has 13 atom stereocenters. The zero-order chi connectivity index (χ0) is 83.2. The van der Waals surface area contributed by atoms with E-state index in [-0.39, 0.29) is 135 Å². The molecule has 0 unspecified atom stereocenters. The number of nitrogens with two attached hydrogens (primary N) is 1. The lowest BCUT2D eigenvalue weighted by Gasteiger charge is -2.41. The molecule has 4 rings (SSSR count). The second-order valence-corrected chi connectivity index (χ2v) is 34.6. The number of aromatic nitrogens is 1. The molecule has 0 aliphatic carbocycles. The fourth-order valence-electron chi connectivity index (χ4n) is 15.1. The van der Waals surface area contributed by atoms with Crippen LogP contribution >= 0.6 is 11.3 Å². The summed E-state index contributed by atoms with van der Waals surface area (Å²) in [5, 5.41) is 17.4. The van der Waals surface area contributed by atoms with Crippen molar-refractivity contribution in [3.8, 4) is 0 Å². The molecule has 1 saturated heterocycles. The highest BCUT2D eigenvalue weighted by molar-refractivity contribution is 7.09. The van der Waals surface area contributed by atoms with Crippen molar-refractivity contribution in [1.82, 2.24) is 41.0 Å². The SMILES string of the molecule is CC[C@H](C)[C@@H]([C@@H](CC(=O)N1CCC[C@H]1[C@H](OC)[C@@H](C)C(=O)C[C@@H](Cc1ccccc1)c1nccs1)OC)N(C)C(=O)[C@@H](CC(=O)[C@H](C(C)C)N(C)C(=O)OCc1ccc(NC(=O)[C@H](CCCNC(N)=O)CC(=O)[C@@H](NC(=O)[C@H](CCCCNC(=O)CC[C@@H](NC(C)(C)C)C(=O)C(C)(C)C)CC(C)=O)C(C)C)cc1)C(C)C. The number of unbranched alkanes of at least 4 members (excludes halogenated alkanes) is 1. The number of amides is 8. The van der Waals surface area contributed by atoms with Gasteiger partial charge in [0.05, 0.1) is 53.8 Å². The van der Waals surface area contributed by atoms with E-state index in [1.54, 1.807) is 63.4 Å². The van der Waals surface area contributed by atoms with Gasteiger partial charge in [0.1, 0.15) is 18.2 Å². The molecule has 25 nitrogen and oxygen atoms in total. The number of anilines is 1. The van der Waals surface area contributed by atoms with Crippen LogP contribution in [0.15, 0.2) is 66.2 Å². The summed E-state index contributed by atoms with van der Waals surface area (Å²) < 4.78 is 18.1. The van der Waals surface area contributed by atoms with Gasteiger partial charge in [0.25, 0.3) is 0 Å². The Labute approximate surface area is 665 Å². The minimum Gasteiger partial charge on any atom is -0.445 e. The topological polar surface area (TPSA) is 341 Å². The maximum Gasteiger partial charge on any atom is 0.410 e. The molecule has 8 amide bonds. The molecule has 1 aliphatic rings. The zero-order valence-electron chi connectivity index (χ0n) is 70.1. The van der Waals surface area contributed by atoms with E-state index in [0.29, 0.717) is 69.3 Å². The zero-order valence-corrected chi connectivity index (χ0v) is 70.9. The average molecular weight is 1570 g/mol. The molecular weight excluding hydrogens is 1430 g/mol. The number of carbonyl (C=O) groups is 12. The van der Waals surface area contributed by atoms with E-state index in [1.807, 2.05) is 118 Å². The molecule has 0 saturated carbocycles. The van der Waals surface area contributed by atoms with E-state index in [4.69, 9.17) is 19.9 Å². The van der Waals surface area contributed by atoms with Crippen LogP contribution in [-0.2, 0) is 75.2 Å². The van der Waals surface area contributed by atoms with Gasteiger partial charge < -0.3 is 66.0 Å². The van der Waals surface area contributed by atoms with E-state index in [1.165, 1.54) is 37.3 Å². The second-order valence-electron chi connectivity index (χ2n) is 33.7. The van der Waals surface area contributed by atoms with Gasteiger partial charge in [0, 0.05) is 138 Å². The number of primary amides is 1. The third kappa shape index (κ3) is 31.2. The maximum absolute atomic E-state index is 15.0. The van der Waals surface area contributed by atoms with Crippen molar-refractivity contribution in [2.45, 2.75) is 274 Å². The Morgan fingerprint density at radius 2 is 1.33 bits per heavy atom. The molecule has 7 N–H and O–H groups in total. The number of likely N-dealkylation sites (N-methyl/N-ethyl adjacent to an activating group) is 2. The largest absolute Gasteiger partial charge is 0.445 e. The minimum absolute atomic E-state index is 0.0239. The van der Waals surface area contributed by atoms with Crippen LogP contribution in [0.2, 0.25) is 0 Å². The van der Waals surface area contributed by atoms with Crippen LogP contribution in [0, 0.1) is 52.8 Å². The normalized spacial score (nSPS) is 16.5.